The Morgan fingerprint density at radius 2 is 1.92 bits per heavy atom. The van der Waals surface area contributed by atoms with Crippen LogP contribution < -0.4 is 5.73 Å². The third kappa shape index (κ3) is 1.76. The molecule has 0 saturated heterocycles. The Morgan fingerprint density at radius 3 is 2.54 bits per heavy atom. The molecule has 0 radical (unpaired) electrons. The van der Waals surface area contributed by atoms with E-state index in [1.807, 2.05) is 0 Å². The summed E-state index contributed by atoms with van der Waals surface area (Å²) in [6.45, 7) is 2.28. The van der Waals surface area contributed by atoms with Crippen molar-refractivity contribution in [2.75, 3.05) is 0 Å². The monoisotopic (exact) mass is 181 g/mol. The van der Waals surface area contributed by atoms with E-state index in [2.05, 4.69) is 6.92 Å². The highest BCUT2D eigenvalue weighted by molar-refractivity contribution is 4.98. The van der Waals surface area contributed by atoms with Crippen LogP contribution in [-0.2, 0) is 0 Å². The molecule has 2 bridgehead atoms. The smallest absolute Gasteiger partial charge is 0.00983 e. The molecule has 0 heterocycles. The Labute approximate surface area is 82.1 Å². The first-order valence-electron chi connectivity index (χ1n) is 6.08. The van der Waals surface area contributed by atoms with Crippen LogP contribution in [0.1, 0.15) is 51.9 Å². The Hall–Kier alpha value is -0.0400. The van der Waals surface area contributed by atoms with Crippen LogP contribution in [0.15, 0.2) is 0 Å². The highest BCUT2D eigenvalue weighted by Gasteiger charge is 2.44. The van der Waals surface area contributed by atoms with Crippen molar-refractivity contribution in [1.29, 1.82) is 0 Å². The van der Waals surface area contributed by atoms with E-state index in [9.17, 15) is 0 Å². The van der Waals surface area contributed by atoms with E-state index in [1.165, 1.54) is 44.9 Å². The van der Waals surface area contributed by atoms with Gasteiger partial charge in [0.15, 0.2) is 0 Å². The lowest BCUT2D eigenvalue weighted by atomic mass is 9.82. The lowest BCUT2D eigenvalue weighted by Gasteiger charge is -2.27. The fraction of sp³-hybridized carbons (Fsp3) is 1.00. The van der Waals surface area contributed by atoms with Gasteiger partial charge in [-0.3, -0.25) is 0 Å². The van der Waals surface area contributed by atoms with Gasteiger partial charge in [0, 0.05) is 6.04 Å². The summed E-state index contributed by atoms with van der Waals surface area (Å²) >= 11 is 0. The van der Waals surface area contributed by atoms with Crippen LogP contribution in [-0.4, -0.2) is 6.04 Å². The van der Waals surface area contributed by atoms with Gasteiger partial charge in [-0.1, -0.05) is 26.2 Å². The molecule has 0 unspecified atom stereocenters. The van der Waals surface area contributed by atoms with Crippen molar-refractivity contribution in [2.45, 2.75) is 57.9 Å². The predicted octanol–water partition coefficient (Wildman–Crippen LogP) is 2.94. The van der Waals surface area contributed by atoms with Gasteiger partial charge in [0.1, 0.15) is 0 Å². The molecular formula is C12H23N. The van der Waals surface area contributed by atoms with E-state index in [1.54, 1.807) is 0 Å². The Morgan fingerprint density at radius 1 is 1.15 bits per heavy atom. The molecule has 2 aliphatic rings. The fourth-order valence-electron chi connectivity index (χ4n) is 3.51. The van der Waals surface area contributed by atoms with Crippen molar-refractivity contribution in [3.63, 3.8) is 0 Å². The van der Waals surface area contributed by atoms with Crippen molar-refractivity contribution in [2.24, 2.45) is 23.5 Å². The van der Waals surface area contributed by atoms with Crippen LogP contribution in [0.4, 0.5) is 0 Å². The Kier molecular flexibility index (Phi) is 2.92. The van der Waals surface area contributed by atoms with Crippen LogP contribution in [0, 0.1) is 17.8 Å². The molecule has 1 heteroatoms. The van der Waals surface area contributed by atoms with Gasteiger partial charge in [0.2, 0.25) is 0 Å². The second-order valence-corrected chi connectivity index (χ2v) is 5.07. The molecule has 76 valence electrons. The lowest BCUT2D eigenvalue weighted by molar-refractivity contribution is 0.266. The maximum absolute atomic E-state index is 6.25. The molecule has 2 aliphatic carbocycles. The van der Waals surface area contributed by atoms with E-state index in [4.69, 9.17) is 5.73 Å². The molecule has 0 aliphatic heterocycles. The summed E-state index contributed by atoms with van der Waals surface area (Å²) in [5.74, 6) is 2.80. The lowest BCUT2D eigenvalue weighted by Crippen LogP contribution is -2.35. The maximum atomic E-state index is 6.25. The average molecular weight is 181 g/mol. The minimum absolute atomic E-state index is 0.565. The van der Waals surface area contributed by atoms with Gasteiger partial charge >= 0.3 is 0 Å². The zero-order chi connectivity index (χ0) is 9.26. The van der Waals surface area contributed by atoms with Crippen molar-refractivity contribution in [3.05, 3.63) is 0 Å². The maximum Gasteiger partial charge on any atom is 0.00983 e. The van der Waals surface area contributed by atoms with Crippen LogP contribution in [0.3, 0.4) is 0 Å². The van der Waals surface area contributed by atoms with Crippen molar-refractivity contribution >= 4 is 0 Å². The average Bonchev–Trinajstić information content (AvgIpc) is 2.69. The molecule has 13 heavy (non-hydrogen) atoms. The molecule has 0 amide bonds. The van der Waals surface area contributed by atoms with Crippen LogP contribution >= 0.6 is 0 Å². The summed E-state index contributed by atoms with van der Waals surface area (Å²) in [4.78, 5) is 0. The number of hydrogen-bond donors (Lipinski definition) is 1. The van der Waals surface area contributed by atoms with Crippen molar-refractivity contribution in [1.82, 2.24) is 0 Å². The van der Waals surface area contributed by atoms with E-state index < -0.39 is 0 Å². The molecule has 2 rings (SSSR count). The minimum atomic E-state index is 0.565. The Bertz CT molecular complexity index is 165. The van der Waals surface area contributed by atoms with Gasteiger partial charge in [0.25, 0.3) is 0 Å². The SMILES string of the molecule is CCCCC[C@@H]1[C@H]2CC[C@H](C2)[C@@H]1N. The zero-order valence-corrected chi connectivity index (χ0v) is 8.84. The summed E-state index contributed by atoms with van der Waals surface area (Å²) in [6.07, 6.45) is 9.94. The number of fused-ring (bicyclic) bond motifs is 2. The van der Waals surface area contributed by atoms with Gasteiger partial charge in [-0.15, -0.1) is 0 Å². The number of unbranched alkanes of at least 4 members (excludes halogenated alkanes) is 2. The van der Waals surface area contributed by atoms with E-state index >= 15 is 0 Å². The normalized spacial score (nSPS) is 42.9. The molecule has 0 aromatic heterocycles. The van der Waals surface area contributed by atoms with Gasteiger partial charge < -0.3 is 5.73 Å². The molecular weight excluding hydrogens is 158 g/mol. The van der Waals surface area contributed by atoms with Crippen LogP contribution in [0.5, 0.6) is 0 Å². The van der Waals surface area contributed by atoms with E-state index in [-0.39, 0.29) is 0 Å². The molecule has 2 N–H and O–H groups in total. The molecule has 0 aromatic rings. The number of nitrogens with two attached hydrogens (primary N) is 1. The molecule has 4 atom stereocenters. The van der Waals surface area contributed by atoms with E-state index in [0.29, 0.717) is 6.04 Å². The van der Waals surface area contributed by atoms with Crippen molar-refractivity contribution < 1.29 is 0 Å². The molecule has 2 fully saturated rings. The van der Waals surface area contributed by atoms with Crippen LogP contribution in [0.25, 0.3) is 0 Å². The number of rotatable bonds is 4. The van der Waals surface area contributed by atoms with E-state index in [0.717, 1.165) is 17.8 Å². The van der Waals surface area contributed by atoms with Gasteiger partial charge in [-0.2, -0.15) is 0 Å². The predicted molar refractivity (Wildman–Crippen MR) is 56.4 cm³/mol. The fourth-order valence-corrected chi connectivity index (χ4v) is 3.51. The quantitative estimate of drug-likeness (QED) is 0.663. The summed E-state index contributed by atoms with van der Waals surface area (Å²) in [5, 5.41) is 0. The zero-order valence-electron chi connectivity index (χ0n) is 8.84. The first-order chi connectivity index (χ1) is 6.33. The summed E-state index contributed by atoms with van der Waals surface area (Å²) < 4.78 is 0. The second kappa shape index (κ2) is 4.00. The largest absolute Gasteiger partial charge is 0.327 e. The summed E-state index contributed by atoms with van der Waals surface area (Å²) in [5.41, 5.74) is 6.25. The standard InChI is InChI=1S/C12H23N/c1-2-3-4-5-11-9-6-7-10(8-9)12(11)13/h9-12H,2-8,13H2,1H3/t9-,10+,11+,12-/m0/s1. The van der Waals surface area contributed by atoms with Gasteiger partial charge in [-0.05, 0) is 43.4 Å². The second-order valence-electron chi connectivity index (χ2n) is 5.07. The topological polar surface area (TPSA) is 26.0 Å². The molecule has 1 nitrogen and oxygen atoms in total. The molecule has 0 aromatic carbocycles. The van der Waals surface area contributed by atoms with Gasteiger partial charge in [0.05, 0.1) is 0 Å². The third-order valence-corrected chi connectivity index (χ3v) is 4.30. The first kappa shape index (κ1) is 9.51. The highest BCUT2D eigenvalue weighted by atomic mass is 14.7. The van der Waals surface area contributed by atoms with Gasteiger partial charge in [-0.25, -0.2) is 0 Å². The van der Waals surface area contributed by atoms with Crippen LogP contribution in [0.2, 0.25) is 0 Å². The highest BCUT2D eigenvalue weighted by Crippen LogP contribution is 2.49. The summed E-state index contributed by atoms with van der Waals surface area (Å²) in [6, 6.07) is 0.565. The summed E-state index contributed by atoms with van der Waals surface area (Å²) in [7, 11) is 0. The molecule has 0 spiro atoms. The third-order valence-electron chi connectivity index (χ3n) is 4.30. The molecule has 2 saturated carbocycles. The van der Waals surface area contributed by atoms with Crippen molar-refractivity contribution in [3.8, 4) is 0 Å². The first-order valence-corrected chi connectivity index (χ1v) is 6.08. The number of hydrogen-bond acceptors (Lipinski definition) is 1. The Balaban J connectivity index is 1.79. The minimum Gasteiger partial charge on any atom is -0.327 e.